The summed E-state index contributed by atoms with van der Waals surface area (Å²) < 4.78 is 0. The molecule has 98 valence electrons. The first-order valence-corrected chi connectivity index (χ1v) is 6.21. The van der Waals surface area contributed by atoms with E-state index in [9.17, 15) is 4.79 Å². The van der Waals surface area contributed by atoms with Gasteiger partial charge in [0.15, 0.2) is 0 Å². The van der Waals surface area contributed by atoms with E-state index in [1.165, 1.54) is 25.7 Å². The van der Waals surface area contributed by atoms with Gasteiger partial charge in [0.25, 0.3) is 0 Å². The average molecular weight is 250 g/mol. The van der Waals surface area contributed by atoms with Crippen LogP contribution in [0.1, 0.15) is 31.5 Å². The maximum Gasteiger partial charge on any atom is 0.322 e. The van der Waals surface area contributed by atoms with Crippen LogP contribution in [-0.4, -0.2) is 33.6 Å². The summed E-state index contributed by atoms with van der Waals surface area (Å²) in [6.07, 6.45) is 4.85. The summed E-state index contributed by atoms with van der Waals surface area (Å²) in [5, 5.41) is 14.8. The van der Waals surface area contributed by atoms with Crippen LogP contribution in [0.25, 0.3) is 0 Å². The van der Waals surface area contributed by atoms with E-state index < -0.39 is 5.97 Å². The largest absolute Gasteiger partial charge is 0.480 e. The van der Waals surface area contributed by atoms with Crippen molar-refractivity contribution in [3.63, 3.8) is 0 Å². The SMILES string of the molecule is Cc1nc(NCC(=O)O)cc(NC2CCCC2)n1. The Morgan fingerprint density at radius 3 is 2.72 bits per heavy atom. The lowest BCUT2D eigenvalue weighted by molar-refractivity contribution is -0.134. The average Bonchev–Trinajstić information content (AvgIpc) is 2.78. The normalized spacial score (nSPS) is 15.6. The van der Waals surface area contributed by atoms with Crippen molar-refractivity contribution in [2.45, 2.75) is 38.6 Å². The summed E-state index contributed by atoms with van der Waals surface area (Å²) in [6.45, 7) is 1.66. The van der Waals surface area contributed by atoms with Gasteiger partial charge in [-0.05, 0) is 19.8 Å². The highest BCUT2D eigenvalue weighted by atomic mass is 16.4. The molecule has 1 aliphatic rings. The molecular weight excluding hydrogens is 232 g/mol. The summed E-state index contributed by atoms with van der Waals surface area (Å²) in [6, 6.07) is 2.24. The molecule has 1 heterocycles. The van der Waals surface area contributed by atoms with Crippen molar-refractivity contribution in [3.05, 3.63) is 11.9 Å². The number of hydrogen-bond acceptors (Lipinski definition) is 5. The van der Waals surface area contributed by atoms with Crippen LogP contribution >= 0.6 is 0 Å². The molecule has 0 atom stereocenters. The number of carbonyl (C=O) groups is 1. The molecule has 0 aliphatic heterocycles. The molecule has 1 aliphatic carbocycles. The number of hydrogen-bond donors (Lipinski definition) is 3. The second kappa shape index (κ2) is 5.66. The monoisotopic (exact) mass is 250 g/mol. The van der Waals surface area contributed by atoms with Crippen LogP contribution in [0.3, 0.4) is 0 Å². The summed E-state index contributed by atoms with van der Waals surface area (Å²) in [5.41, 5.74) is 0. The second-order valence-corrected chi connectivity index (χ2v) is 4.56. The molecule has 0 bridgehead atoms. The van der Waals surface area contributed by atoms with Crippen LogP contribution in [0, 0.1) is 6.92 Å². The summed E-state index contributed by atoms with van der Waals surface area (Å²) in [5.74, 6) is 1.04. The smallest absolute Gasteiger partial charge is 0.322 e. The van der Waals surface area contributed by atoms with Crippen LogP contribution < -0.4 is 10.6 Å². The number of aryl methyl sites for hydroxylation is 1. The third kappa shape index (κ3) is 3.58. The molecule has 0 amide bonds. The van der Waals surface area contributed by atoms with Crippen molar-refractivity contribution in [1.82, 2.24) is 9.97 Å². The Labute approximate surface area is 106 Å². The molecule has 1 saturated carbocycles. The molecule has 18 heavy (non-hydrogen) atoms. The molecule has 2 rings (SSSR count). The van der Waals surface area contributed by atoms with E-state index in [1.54, 1.807) is 13.0 Å². The molecule has 0 spiro atoms. The number of aliphatic carboxylic acids is 1. The number of nitrogens with zero attached hydrogens (tertiary/aromatic N) is 2. The molecular formula is C12H18N4O2. The zero-order valence-electron chi connectivity index (χ0n) is 10.4. The fraction of sp³-hybridized carbons (Fsp3) is 0.583. The molecule has 1 fully saturated rings. The van der Waals surface area contributed by atoms with Crippen molar-refractivity contribution >= 4 is 17.6 Å². The minimum atomic E-state index is -0.906. The van der Waals surface area contributed by atoms with E-state index >= 15 is 0 Å². The predicted octanol–water partition coefficient (Wildman–Crippen LogP) is 1.64. The molecule has 1 aromatic heterocycles. The van der Waals surface area contributed by atoms with Crippen molar-refractivity contribution in [2.75, 3.05) is 17.2 Å². The lowest BCUT2D eigenvalue weighted by Gasteiger charge is -2.14. The maximum atomic E-state index is 10.5. The van der Waals surface area contributed by atoms with E-state index in [0.29, 0.717) is 17.7 Å². The molecule has 0 saturated heterocycles. The third-order valence-corrected chi connectivity index (χ3v) is 2.97. The van der Waals surface area contributed by atoms with Gasteiger partial charge in [-0.25, -0.2) is 9.97 Å². The van der Waals surface area contributed by atoms with Crippen LogP contribution in [0.4, 0.5) is 11.6 Å². The lowest BCUT2D eigenvalue weighted by atomic mass is 10.2. The van der Waals surface area contributed by atoms with Gasteiger partial charge in [-0.1, -0.05) is 12.8 Å². The van der Waals surface area contributed by atoms with E-state index in [0.717, 1.165) is 5.82 Å². The number of nitrogens with one attached hydrogen (secondary N) is 2. The van der Waals surface area contributed by atoms with Gasteiger partial charge in [0, 0.05) is 12.1 Å². The fourth-order valence-corrected chi connectivity index (χ4v) is 2.18. The molecule has 1 aromatic rings. The quantitative estimate of drug-likeness (QED) is 0.736. The van der Waals surface area contributed by atoms with Gasteiger partial charge in [0.05, 0.1) is 0 Å². The highest BCUT2D eigenvalue weighted by Crippen LogP contribution is 2.22. The Morgan fingerprint density at radius 2 is 2.06 bits per heavy atom. The minimum Gasteiger partial charge on any atom is -0.480 e. The predicted molar refractivity (Wildman–Crippen MR) is 68.8 cm³/mol. The van der Waals surface area contributed by atoms with Gasteiger partial charge in [-0.2, -0.15) is 0 Å². The number of aromatic nitrogens is 2. The Balaban J connectivity index is 2.02. The third-order valence-electron chi connectivity index (χ3n) is 2.97. The van der Waals surface area contributed by atoms with Crippen molar-refractivity contribution in [1.29, 1.82) is 0 Å². The summed E-state index contributed by atoms with van der Waals surface area (Å²) in [4.78, 5) is 19.0. The van der Waals surface area contributed by atoms with E-state index in [4.69, 9.17) is 5.11 Å². The highest BCUT2D eigenvalue weighted by Gasteiger charge is 2.15. The van der Waals surface area contributed by atoms with Crippen LogP contribution in [0.5, 0.6) is 0 Å². The Hall–Kier alpha value is -1.85. The minimum absolute atomic E-state index is 0.140. The Morgan fingerprint density at radius 1 is 1.39 bits per heavy atom. The first-order chi connectivity index (χ1) is 8.63. The molecule has 0 radical (unpaired) electrons. The Kier molecular flexibility index (Phi) is 3.96. The van der Waals surface area contributed by atoms with Crippen LogP contribution in [0.2, 0.25) is 0 Å². The van der Waals surface area contributed by atoms with Crippen LogP contribution in [-0.2, 0) is 4.79 Å². The molecule has 6 heteroatoms. The van der Waals surface area contributed by atoms with Gasteiger partial charge in [0.1, 0.15) is 24.0 Å². The van der Waals surface area contributed by atoms with Gasteiger partial charge in [-0.15, -0.1) is 0 Å². The highest BCUT2D eigenvalue weighted by molar-refractivity contribution is 5.72. The van der Waals surface area contributed by atoms with Gasteiger partial charge >= 0.3 is 5.97 Å². The number of anilines is 2. The Bertz CT molecular complexity index is 430. The standard InChI is InChI=1S/C12H18N4O2/c1-8-14-10(13-7-12(17)18)6-11(15-8)16-9-4-2-3-5-9/h6,9H,2-5,7H2,1H3,(H,17,18)(H2,13,14,15,16). The summed E-state index contributed by atoms with van der Waals surface area (Å²) in [7, 11) is 0. The van der Waals surface area contributed by atoms with Gasteiger partial charge < -0.3 is 15.7 Å². The molecule has 6 nitrogen and oxygen atoms in total. The number of rotatable bonds is 5. The van der Waals surface area contributed by atoms with E-state index in [2.05, 4.69) is 20.6 Å². The first kappa shape index (κ1) is 12.6. The van der Waals surface area contributed by atoms with Gasteiger partial charge in [-0.3, -0.25) is 4.79 Å². The lowest BCUT2D eigenvalue weighted by Crippen LogP contribution is -2.17. The van der Waals surface area contributed by atoms with Crippen molar-refractivity contribution in [2.24, 2.45) is 0 Å². The topological polar surface area (TPSA) is 87.1 Å². The molecule has 0 unspecified atom stereocenters. The summed E-state index contributed by atoms with van der Waals surface area (Å²) >= 11 is 0. The maximum absolute atomic E-state index is 10.5. The van der Waals surface area contributed by atoms with Crippen molar-refractivity contribution in [3.8, 4) is 0 Å². The van der Waals surface area contributed by atoms with Crippen LogP contribution in [0.15, 0.2) is 6.07 Å². The zero-order chi connectivity index (χ0) is 13.0. The molecule has 0 aromatic carbocycles. The zero-order valence-corrected chi connectivity index (χ0v) is 10.4. The second-order valence-electron chi connectivity index (χ2n) is 4.56. The van der Waals surface area contributed by atoms with Gasteiger partial charge in [0.2, 0.25) is 0 Å². The van der Waals surface area contributed by atoms with E-state index in [1.807, 2.05) is 0 Å². The van der Waals surface area contributed by atoms with E-state index in [-0.39, 0.29) is 6.54 Å². The fourth-order valence-electron chi connectivity index (χ4n) is 2.18. The van der Waals surface area contributed by atoms with Crippen molar-refractivity contribution < 1.29 is 9.90 Å². The molecule has 3 N–H and O–H groups in total. The first-order valence-electron chi connectivity index (χ1n) is 6.21. The number of carboxylic acids is 1. The number of carboxylic acid groups (broad SMARTS) is 1.